The highest BCUT2D eigenvalue weighted by Crippen LogP contribution is 2.24. The van der Waals surface area contributed by atoms with Gasteiger partial charge in [0.25, 0.3) is 0 Å². The van der Waals surface area contributed by atoms with Crippen molar-refractivity contribution in [2.45, 2.75) is 19.1 Å². The zero-order valence-electron chi connectivity index (χ0n) is 10.5. The predicted molar refractivity (Wildman–Crippen MR) is 72.9 cm³/mol. The SMILES string of the molecule is CNC(Cc1ccsc1)c1cccc(OC(F)F)c1. The lowest BCUT2D eigenvalue weighted by atomic mass is 10.0. The highest BCUT2D eigenvalue weighted by molar-refractivity contribution is 7.07. The first-order valence-corrected chi connectivity index (χ1v) is 6.86. The van der Waals surface area contributed by atoms with Gasteiger partial charge in [0.2, 0.25) is 0 Å². The highest BCUT2D eigenvalue weighted by atomic mass is 32.1. The van der Waals surface area contributed by atoms with Crippen LogP contribution >= 0.6 is 11.3 Å². The van der Waals surface area contributed by atoms with Gasteiger partial charge in [-0.3, -0.25) is 0 Å². The monoisotopic (exact) mass is 283 g/mol. The second-order valence-electron chi connectivity index (χ2n) is 4.13. The normalized spacial score (nSPS) is 12.6. The molecule has 102 valence electrons. The van der Waals surface area contributed by atoms with Crippen LogP contribution in [0.25, 0.3) is 0 Å². The first kappa shape index (κ1) is 14.0. The van der Waals surface area contributed by atoms with Gasteiger partial charge in [-0.2, -0.15) is 20.1 Å². The summed E-state index contributed by atoms with van der Waals surface area (Å²) in [5.74, 6) is 0.193. The summed E-state index contributed by atoms with van der Waals surface area (Å²) in [7, 11) is 1.86. The van der Waals surface area contributed by atoms with E-state index >= 15 is 0 Å². The van der Waals surface area contributed by atoms with Gasteiger partial charge in [-0.25, -0.2) is 0 Å². The minimum atomic E-state index is -2.79. The molecule has 1 atom stereocenters. The molecular formula is C14H15F2NOS. The van der Waals surface area contributed by atoms with Gasteiger partial charge in [-0.1, -0.05) is 12.1 Å². The Balaban J connectivity index is 2.13. The maximum atomic E-state index is 12.2. The zero-order chi connectivity index (χ0) is 13.7. The van der Waals surface area contributed by atoms with Crippen molar-refractivity contribution in [2.24, 2.45) is 0 Å². The van der Waals surface area contributed by atoms with Crippen LogP contribution in [-0.4, -0.2) is 13.7 Å². The number of halogens is 2. The van der Waals surface area contributed by atoms with Crippen LogP contribution < -0.4 is 10.1 Å². The molecule has 2 rings (SSSR count). The number of ether oxygens (including phenoxy) is 1. The molecule has 1 N–H and O–H groups in total. The van der Waals surface area contributed by atoms with Crippen LogP contribution in [0.15, 0.2) is 41.1 Å². The van der Waals surface area contributed by atoms with Crippen molar-refractivity contribution in [2.75, 3.05) is 7.05 Å². The van der Waals surface area contributed by atoms with Crippen molar-refractivity contribution in [1.29, 1.82) is 0 Å². The molecule has 0 aliphatic rings. The van der Waals surface area contributed by atoms with E-state index in [2.05, 4.69) is 21.5 Å². The number of hydrogen-bond donors (Lipinski definition) is 1. The van der Waals surface area contributed by atoms with E-state index in [1.54, 1.807) is 23.5 Å². The molecule has 5 heteroatoms. The lowest BCUT2D eigenvalue weighted by Gasteiger charge is -2.17. The van der Waals surface area contributed by atoms with Gasteiger partial charge in [0.05, 0.1) is 0 Å². The van der Waals surface area contributed by atoms with Gasteiger partial charge < -0.3 is 10.1 Å². The average Bonchev–Trinajstić information content (AvgIpc) is 2.88. The van der Waals surface area contributed by atoms with Gasteiger partial charge in [0.1, 0.15) is 5.75 Å². The summed E-state index contributed by atoms with van der Waals surface area (Å²) in [6, 6.07) is 8.97. The fourth-order valence-electron chi connectivity index (χ4n) is 1.94. The first-order valence-electron chi connectivity index (χ1n) is 5.92. The molecule has 0 amide bonds. The van der Waals surface area contributed by atoms with E-state index < -0.39 is 6.61 Å². The van der Waals surface area contributed by atoms with Crippen molar-refractivity contribution in [1.82, 2.24) is 5.32 Å². The highest BCUT2D eigenvalue weighted by Gasteiger charge is 2.12. The molecule has 0 radical (unpaired) electrons. The van der Waals surface area contributed by atoms with Crippen LogP contribution in [-0.2, 0) is 6.42 Å². The Morgan fingerprint density at radius 2 is 2.16 bits per heavy atom. The molecular weight excluding hydrogens is 268 g/mol. The largest absolute Gasteiger partial charge is 0.435 e. The standard InChI is InChI=1S/C14H15F2NOS/c1-17-13(7-10-5-6-19-9-10)11-3-2-4-12(8-11)18-14(15)16/h2-6,8-9,13-14,17H,7H2,1H3. The summed E-state index contributed by atoms with van der Waals surface area (Å²) in [4.78, 5) is 0. The summed E-state index contributed by atoms with van der Waals surface area (Å²) in [6.45, 7) is -2.79. The molecule has 19 heavy (non-hydrogen) atoms. The smallest absolute Gasteiger partial charge is 0.387 e. The van der Waals surface area contributed by atoms with Gasteiger partial charge in [0, 0.05) is 6.04 Å². The molecule has 1 heterocycles. The summed E-state index contributed by atoms with van der Waals surface area (Å²) in [5, 5.41) is 7.31. The third kappa shape index (κ3) is 4.01. The van der Waals surface area contributed by atoms with Gasteiger partial charge in [0.15, 0.2) is 0 Å². The Morgan fingerprint density at radius 1 is 1.32 bits per heavy atom. The van der Waals surface area contributed by atoms with Crippen molar-refractivity contribution < 1.29 is 13.5 Å². The molecule has 2 aromatic rings. The van der Waals surface area contributed by atoms with Crippen LogP contribution in [0.3, 0.4) is 0 Å². The Kier molecular flexibility index (Phi) is 4.87. The molecule has 2 nitrogen and oxygen atoms in total. The third-order valence-electron chi connectivity index (χ3n) is 2.85. The topological polar surface area (TPSA) is 21.3 Å². The van der Waals surface area contributed by atoms with Crippen molar-refractivity contribution >= 4 is 11.3 Å². The fraction of sp³-hybridized carbons (Fsp3) is 0.286. The molecule has 0 bridgehead atoms. The predicted octanol–water partition coefficient (Wildman–Crippen LogP) is 3.85. The molecule has 1 unspecified atom stereocenters. The summed E-state index contributed by atoms with van der Waals surface area (Å²) in [6.07, 6.45) is 0.818. The lowest BCUT2D eigenvalue weighted by molar-refractivity contribution is -0.0499. The van der Waals surface area contributed by atoms with Crippen molar-refractivity contribution in [3.05, 3.63) is 52.2 Å². The van der Waals surface area contributed by atoms with E-state index in [1.165, 1.54) is 11.6 Å². The van der Waals surface area contributed by atoms with Crippen molar-refractivity contribution in [3.63, 3.8) is 0 Å². The molecule has 1 aromatic heterocycles. The second-order valence-corrected chi connectivity index (χ2v) is 4.91. The summed E-state index contributed by atoms with van der Waals surface area (Å²) < 4.78 is 28.8. The second kappa shape index (κ2) is 6.63. The molecule has 0 saturated heterocycles. The Morgan fingerprint density at radius 3 is 2.79 bits per heavy atom. The molecule has 0 aliphatic carbocycles. The Labute approximate surface area is 115 Å². The third-order valence-corrected chi connectivity index (χ3v) is 3.59. The number of alkyl halides is 2. The number of thiophene rings is 1. The minimum Gasteiger partial charge on any atom is -0.435 e. The quantitative estimate of drug-likeness (QED) is 0.869. The van der Waals surface area contributed by atoms with E-state index in [1.807, 2.05) is 18.5 Å². The summed E-state index contributed by atoms with van der Waals surface area (Å²) >= 11 is 1.65. The van der Waals surface area contributed by atoms with Crippen LogP contribution in [0.2, 0.25) is 0 Å². The number of hydrogen-bond acceptors (Lipinski definition) is 3. The van der Waals surface area contributed by atoms with E-state index in [0.717, 1.165) is 12.0 Å². The molecule has 0 aliphatic heterocycles. The van der Waals surface area contributed by atoms with Crippen LogP contribution in [0.5, 0.6) is 5.75 Å². The molecule has 0 saturated carbocycles. The maximum Gasteiger partial charge on any atom is 0.387 e. The van der Waals surface area contributed by atoms with E-state index in [0.29, 0.717) is 0 Å². The van der Waals surface area contributed by atoms with E-state index in [-0.39, 0.29) is 11.8 Å². The van der Waals surface area contributed by atoms with Gasteiger partial charge in [-0.15, -0.1) is 0 Å². The first-order chi connectivity index (χ1) is 9.19. The Bertz CT molecular complexity index is 502. The molecule has 0 spiro atoms. The zero-order valence-corrected chi connectivity index (χ0v) is 11.3. The molecule has 0 fully saturated rings. The fourth-order valence-corrected chi connectivity index (χ4v) is 2.62. The van der Waals surface area contributed by atoms with Crippen molar-refractivity contribution in [3.8, 4) is 5.75 Å². The van der Waals surface area contributed by atoms with Crippen LogP contribution in [0.1, 0.15) is 17.2 Å². The maximum absolute atomic E-state index is 12.2. The number of likely N-dealkylation sites (N-methyl/N-ethyl adjacent to an activating group) is 1. The van der Waals surface area contributed by atoms with Crippen LogP contribution in [0, 0.1) is 0 Å². The number of rotatable bonds is 6. The van der Waals surface area contributed by atoms with E-state index in [4.69, 9.17) is 0 Å². The Hall–Kier alpha value is -1.46. The minimum absolute atomic E-state index is 0.0795. The lowest BCUT2D eigenvalue weighted by Crippen LogP contribution is -2.18. The van der Waals surface area contributed by atoms with Gasteiger partial charge >= 0.3 is 6.61 Å². The molecule has 1 aromatic carbocycles. The van der Waals surface area contributed by atoms with Crippen LogP contribution in [0.4, 0.5) is 8.78 Å². The number of nitrogens with one attached hydrogen (secondary N) is 1. The average molecular weight is 283 g/mol. The van der Waals surface area contributed by atoms with E-state index in [9.17, 15) is 8.78 Å². The van der Waals surface area contributed by atoms with Gasteiger partial charge in [-0.05, 0) is 53.6 Å². The summed E-state index contributed by atoms with van der Waals surface area (Å²) in [5.41, 5.74) is 2.16. The number of benzene rings is 1.